The first-order valence-electron chi connectivity index (χ1n) is 8.32. The normalized spacial score (nSPS) is 19.4. The number of benzene rings is 1. The van der Waals surface area contributed by atoms with E-state index in [-0.39, 0.29) is 0 Å². The zero-order valence-electron chi connectivity index (χ0n) is 13.8. The van der Waals surface area contributed by atoms with Crippen LogP contribution in [0.3, 0.4) is 0 Å². The molecule has 0 aliphatic carbocycles. The second-order valence-electron chi connectivity index (χ2n) is 6.05. The van der Waals surface area contributed by atoms with Crippen LogP contribution in [0.15, 0.2) is 18.2 Å². The van der Waals surface area contributed by atoms with Crippen LogP contribution in [0.5, 0.6) is 11.5 Å². The highest BCUT2D eigenvalue weighted by Gasteiger charge is 2.22. The molecule has 1 aliphatic heterocycles. The number of hydrogen-bond acceptors (Lipinski definition) is 3. The summed E-state index contributed by atoms with van der Waals surface area (Å²) in [4.78, 5) is 0. The Morgan fingerprint density at radius 2 is 1.76 bits per heavy atom. The Labute approximate surface area is 129 Å². The smallest absolute Gasteiger partial charge is 0.161 e. The highest BCUT2D eigenvalue weighted by molar-refractivity contribution is 5.44. The van der Waals surface area contributed by atoms with Gasteiger partial charge in [0.2, 0.25) is 0 Å². The molecule has 0 bridgehead atoms. The molecular weight excluding hydrogens is 262 g/mol. The SMILES string of the molecule is CCNC(c1ccc2c(c1)OCC(C)CO2)C(CC)CC. The van der Waals surface area contributed by atoms with E-state index in [0.717, 1.165) is 31.3 Å². The van der Waals surface area contributed by atoms with Crippen molar-refractivity contribution < 1.29 is 9.47 Å². The Kier molecular flexibility index (Phi) is 5.92. The molecule has 2 rings (SSSR count). The third-order valence-electron chi connectivity index (χ3n) is 4.32. The molecular formula is C18H29NO2. The number of fused-ring (bicyclic) bond motifs is 1. The minimum Gasteiger partial charge on any atom is -0.489 e. The lowest BCUT2D eigenvalue weighted by Crippen LogP contribution is -2.27. The molecule has 0 saturated heterocycles. The van der Waals surface area contributed by atoms with Gasteiger partial charge in [-0.25, -0.2) is 0 Å². The first-order chi connectivity index (χ1) is 10.2. The molecule has 3 nitrogen and oxygen atoms in total. The maximum Gasteiger partial charge on any atom is 0.161 e. The van der Waals surface area contributed by atoms with E-state index in [4.69, 9.17) is 9.47 Å². The van der Waals surface area contributed by atoms with Crippen LogP contribution < -0.4 is 14.8 Å². The second kappa shape index (κ2) is 7.69. The molecule has 1 aromatic carbocycles. The average Bonchev–Trinajstić information content (AvgIpc) is 2.69. The molecule has 2 unspecified atom stereocenters. The average molecular weight is 291 g/mol. The van der Waals surface area contributed by atoms with E-state index < -0.39 is 0 Å². The highest BCUT2D eigenvalue weighted by atomic mass is 16.5. The van der Waals surface area contributed by atoms with Crippen LogP contribution >= 0.6 is 0 Å². The predicted octanol–water partition coefficient (Wildman–Crippen LogP) is 4.18. The van der Waals surface area contributed by atoms with Crippen LogP contribution in [-0.4, -0.2) is 19.8 Å². The minimum absolute atomic E-state index is 0.388. The summed E-state index contributed by atoms with van der Waals surface area (Å²) >= 11 is 0. The summed E-state index contributed by atoms with van der Waals surface area (Å²) in [5, 5.41) is 3.64. The van der Waals surface area contributed by atoms with Crippen molar-refractivity contribution in [3.8, 4) is 11.5 Å². The highest BCUT2D eigenvalue weighted by Crippen LogP contribution is 2.36. The maximum absolute atomic E-state index is 5.92. The molecule has 1 N–H and O–H groups in total. The van der Waals surface area contributed by atoms with Crippen molar-refractivity contribution >= 4 is 0 Å². The molecule has 2 atom stereocenters. The van der Waals surface area contributed by atoms with Gasteiger partial charge in [-0.15, -0.1) is 0 Å². The van der Waals surface area contributed by atoms with Gasteiger partial charge in [-0.1, -0.05) is 46.6 Å². The van der Waals surface area contributed by atoms with Gasteiger partial charge in [0.15, 0.2) is 11.5 Å². The van der Waals surface area contributed by atoms with Crippen molar-refractivity contribution in [1.29, 1.82) is 0 Å². The van der Waals surface area contributed by atoms with Gasteiger partial charge in [0.25, 0.3) is 0 Å². The predicted molar refractivity (Wildman–Crippen MR) is 87.1 cm³/mol. The summed E-state index contributed by atoms with van der Waals surface area (Å²) in [5.41, 5.74) is 1.31. The molecule has 0 radical (unpaired) electrons. The second-order valence-corrected chi connectivity index (χ2v) is 6.05. The summed E-state index contributed by atoms with van der Waals surface area (Å²) in [6.07, 6.45) is 2.36. The van der Waals surface area contributed by atoms with Crippen LogP contribution in [0, 0.1) is 11.8 Å². The Morgan fingerprint density at radius 1 is 1.10 bits per heavy atom. The van der Waals surface area contributed by atoms with E-state index in [2.05, 4.69) is 51.2 Å². The molecule has 118 valence electrons. The van der Waals surface area contributed by atoms with Crippen molar-refractivity contribution in [2.75, 3.05) is 19.8 Å². The molecule has 1 aromatic rings. The standard InChI is InChI=1S/C18H29NO2/c1-5-14(6-2)18(19-7-3)15-8-9-16-17(10-15)21-12-13(4)11-20-16/h8-10,13-14,18-19H,5-7,11-12H2,1-4H3. The van der Waals surface area contributed by atoms with Gasteiger partial charge in [-0.05, 0) is 30.2 Å². The van der Waals surface area contributed by atoms with E-state index in [1.165, 1.54) is 18.4 Å². The lowest BCUT2D eigenvalue weighted by atomic mass is 9.88. The van der Waals surface area contributed by atoms with Gasteiger partial charge < -0.3 is 14.8 Å². The van der Waals surface area contributed by atoms with Crippen LogP contribution in [-0.2, 0) is 0 Å². The topological polar surface area (TPSA) is 30.5 Å². The van der Waals surface area contributed by atoms with Crippen molar-refractivity contribution in [3.05, 3.63) is 23.8 Å². The summed E-state index contributed by atoms with van der Waals surface area (Å²) in [6.45, 7) is 11.3. The van der Waals surface area contributed by atoms with Crippen molar-refractivity contribution in [2.45, 2.75) is 46.6 Å². The summed E-state index contributed by atoms with van der Waals surface area (Å²) < 4.78 is 11.7. The maximum atomic E-state index is 5.92. The fourth-order valence-corrected chi connectivity index (χ4v) is 3.00. The van der Waals surface area contributed by atoms with Crippen LogP contribution in [0.4, 0.5) is 0 Å². The van der Waals surface area contributed by atoms with Crippen molar-refractivity contribution in [2.24, 2.45) is 11.8 Å². The van der Waals surface area contributed by atoms with Gasteiger partial charge in [0.1, 0.15) is 0 Å². The number of ether oxygens (including phenoxy) is 2. The lowest BCUT2D eigenvalue weighted by Gasteiger charge is -2.27. The quantitative estimate of drug-likeness (QED) is 0.853. The van der Waals surface area contributed by atoms with Crippen molar-refractivity contribution in [3.63, 3.8) is 0 Å². The van der Waals surface area contributed by atoms with E-state index >= 15 is 0 Å². The third-order valence-corrected chi connectivity index (χ3v) is 4.32. The monoisotopic (exact) mass is 291 g/mol. The summed E-state index contributed by atoms with van der Waals surface area (Å²) in [7, 11) is 0. The van der Waals surface area contributed by atoms with Crippen LogP contribution in [0.1, 0.15) is 52.1 Å². The Morgan fingerprint density at radius 3 is 2.38 bits per heavy atom. The molecule has 3 heteroatoms. The van der Waals surface area contributed by atoms with Crippen LogP contribution in [0.25, 0.3) is 0 Å². The fourth-order valence-electron chi connectivity index (χ4n) is 3.00. The number of hydrogen-bond donors (Lipinski definition) is 1. The lowest BCUT2D eigenvalue weighted by molar-refractivity contribution is 0.228. The number of rotatable bonds is 6. The molecule has 1 heterocycles. The fraction of sp³-hybridized carbons (Fsp3) is 0.667. The molecule has 1 aliphatic rings. The first kappa shape index (κ1) is 16.2. The van der Waals surface area contributed by atoms with Gasteiger partial charge >= 0.3 is 0 Å². The largest absolute Gasteiger partial charge is 0.489 e. The van der Waals surface area contributed by atoms with E-state index in [9.17, 15) is 0 Å². The Hall–Kier alpha value is -1.22. The summed E-state index contributed by atoms with van der Waals surface area (Å²) in [6, 6.07) is 6.80. The Balaban J connectivity index is 2.26. The zero-order chi connectivity index (χ0) is 15.2. The number of nitrogens with one attached hydrogen (secondary N) is 1. The molecule has 0 aromatic heterocycles. The molecule has 0 saturated carbocycles. The molecule has 0 fully saturated rings. The van der Waals surface area contributed by atoms with Gasteiger partial charge in [-0.2, -0.15) is 0 Å². The van der Waals surface area contributed by atoms with Gasteiger partial charge in [0.05, 0.1) is 13.2 Å². The zero-order valence-corrected chi connectivity index (χ0v) is 13.8. The van der Waals surface area contributed by atoms with Crippen LogP contribution in [0.2, 0.25) is 0 Å². The van der Waals surface area contributed by atoms with Crippen molar-refractivity contribution in [1.82, 2.24) is 5.32 Å². The molecule has 0 spiro atoms. The Bertz CT molecular complexity index is 443. The molecule has 21 heavy (non-hydrogen) atoms. The third kappa shape index (κ3) is 3.91. The van der Waals surface area contributed by atoms with E-state index in [0.29, 0.717) is 17.9 Å². The van der Waals surface area contributed by atoms with Gasteiger partial charge in [0, 0.05) is 12.0 Å². The minimum atomic E-state index is 0.388. The molecule has 0 amide bonds. The van der Waals surface area contributed by atoms with Gasteiger partial charge in [-0.3, -0.25) is 0 Å². The van der Waals surface area contributed by atoms with E-state index in [1.54, 1.807) is 0 Å². The first-order valence-corrected chi connectivity index (χ1v) is 8.32. The van der Waals surface area contributed by atoms with E-state index in [1.807, 2.05) is 0 Å². The summed E-state index contributed by atoms with van der Waals surface area (Å²) in [5.74, 6) is 2.85.